The van der Waals surface area contributed by atoms with Crippen LogP contribution in [0.25, 0.3) is 5.57 Å². The average Bonchev–Trinajstić information content (AvgIpc) is 3.12. The molecule has 0 unspecified atom stereocenters. The number of benzene rings is 3. The summed E-state index contributed by atoms with van der Waals surface area (Å²) in [6.07, 6.45) is 0. The van der Waals surface area contributed by atoms with E-state index < -0.39 is 11.8 Å². The lowest BCUT2D eigenvalue weighted by molar-refractivity contribution is -0.120. The molecule has 0 atom stereocenters. The fraction of sp³-hybridized carbons (Fsp3) is 0.154. The lowest BCUT2D eigenvalue weighted by atomic mass is 10.0. The zero-order chi connectivity index (χ0) is 24.2. The molecule has 8 heteroatoms. The maximum Gasteiger partial charge on any atom is 0.282 e. The third kappa shape index (κ3) is 4.01. The number of rotatable bonds is 8. The van der Waals surface area contributed by atoms with Gasteiger partial charge in [-0.25, -0.2) is 4.90 Å². The number of ether oxygens (including phenoxy) is 4. The largest absolute Gasteiger partial charge is 0.497 e. The maximum atomic E-state index is 13.6. The first kappa shape index (κ1) is 22.7. The molecule has 174 valence electrons. The molecule has 0 aromatic heterocycles. The SMILES string of the molecule is COc1ccc(C2=C(Nc3ccc(OC)c(OC)c3)C(=O)N(c3ccccc3OC)C2=O)cc1. The van der Waals surface area contributed by atoms with Gasteiger partial charge in [0.05, 0.1) is 39.7 Å². The van der Waals surface area contributed by atoms with Gasteiger partial charge in [0, 0.05) is 11.8 Å². The summed E-state index contributed by atoms with van der Waals surface area (Å²) in [7, 11) is 6.12. The number of para-hydroxylation sites is 2. The van der Waals surface area contributed by atoms with Crippen LogP contribution in [0.4, 0.5) is 11.4 Å². The quantitative estimate of drug-likeness (QED) is 0.506. The molecule has 4 rings (SSSR count). The third-order valence-electron chi connectivity index (χ3n) is 5.44. The van der Waals surface area contributed by atoms with Crippen molar-refractivity contribution in [1.82, 2.24) is 0 Å². The summed E-state index contributed by atoms with van der Waals surface area (Å²) < 4.78 is 21.3. The van der Waals surface area contributed by atoms with Crippen molar-refractivity contribution in [3.05, 3.63) is 78.0 Å². The van der Waals surface area contributed by atoms with Crippen LogP contribution >= 0.6 is 0 Å². The molecule has 3 aromatic rings. The molecule has 0 aliphatic carbocycles. The van der Waals surface area contributed by atoms with Crippen molar-refractivity contribution < 1.29 is 28.5 Å². The van der Waals surface area contributed by atoms with Gasteiger partial charge in [0.15, 0.2) is 11.5 Å². The minimum absolute atomic E-state index is 0.133. The van der Waals surface area contributed by atoms with E-state index in [0.29, 0.717) is 39.9 Å². The molecule has 1 aliphatic rings. The van der Waals surface area contributed by atoms with E-state index in [-0.39, 0.29) is 11.3 Å². The van der Waals surface area contributed by atoms with Gasteiger partial charge >= 0.3 is 0 Å². The highest BCUT2D eigenvalue weighted by Gasteiger charge is 2.41. The minimum atomic E-state index is -0.505. The first-order chi connectivity index (χ1) is 16.5. The molecule has 0 saturated heterocycles. The van der Waals surface area contributed by atoms with Crippen molar-refractivity contribution in [3.8, 4) is 23.0 Å². The first-order valence-corrected chi connectivity index (χ1v) is 10.4. The Morgan fingerprint density at radius 3 is 2.00 bits per heavy atom. The van der Waals surface area contributed by atoms with Crippen molar-refractivity contribution in [3.63, 3.8) is 0 Å². The fourth-order valence-corrected chi connectivity index (χ4v) is 3.76. The number of anilines is 2. The predicted octanol–water partition coefficient (Wildman–Crippen LogP) is 4.12. The number of carbonyl (C=O) groups excluding carboxylic acids is 2. The van der Waals surface area contributed by atoms with Crippen molar-refractivity contribution >= 4 is 28.8 Å². The summed E-state index contributed by atoms with van der Waals surface area (Å²) in [6.45, 7) is 0. The highest BCUT2D eigenvalue weighted by Crippen LogP contribution is 2.39. The molecule has 0 saturated carbocycles. The molecule has 3 aromatic carbocycles. The maximum absolute atomic E-state index is 13.6. The second-order valence-corrected chi connectivity index (χ2v) is 7.29. The van der Waals surface area contributed by atoms with Gasteiger partial charge in [-0.15, -0.1) is 0 Å². The molecule has 1 N–H and O–H groups in total. The number of amides is 2. The molecule has 0 radical (unpaired) electrons. The number of hydrogen-bond donors (Lipinski definition) is 1. The Hall–Kier alpha value is -4.46. The Bertz CT molecular complexity index is 1270. The topological polar surface area (TPSA) is 86.3 Å². The monoisotopic (exact) mass is 460 g/mol. The van der Waals surface area contributed by atoms with Crippen molar-refractivity contribution in [2.45, 2.75) is 0 Å². The zero-order valence-corrected chi connectivity index (χ0v) is 19.2. The highest BCUT2D eigenvalue weighted by atomic mass is 16.5. The van der Waals surface area contributed by atoms with E-state index in [0.717, 1.165) is 4.90 Å². The lowest BCUT2D eigenvalue weighted by Crippen LogP contribution is -2.32. The van der Waals surface area contributed by atoms with Crippen LogP contribution < -0.4 is 29.2 Å². The molecular weight excluding hydrogens is 436 g/mol. The Morgan fingerprint density at radius 2 is 1.35 bits per heavy atom. The standard InChI is InChI=1S/C26H24N2O6/c1-31-18-12-9-16(10-13-18)23-24(27-17-11-14-21(33-3)22(15-17)34-4)26(30)28(25(23)29)19-7-5-6-8-20(19)32-2/h5-15,27H,1-4H3. The smallest absolute Gasteiger partial charge is 0.282 e. The van der Waals surface area contributed by atoms with E-state index >= 15 is 0 Å². The Kier molecular flexibility index (Phi) is 6.40. The molecule has 34 heavy (non-hydrogen) atoms. The predicted molar refractivity (Wildman–Crippen MR) is 129 cm³/mol. The molecule has 8 nitrogen and oxygen atoms in total. The summed E-state index contributed by atoms with van der Waals surface area (Å²) in [6, 6.07) is 19.0. The van der Waals surface area contributed by atoms with Crippen LogP contribution in [0.15, 0.2) is 72.4 Å². The number of methoxy groups -OCH3 is 4. The number of carbonyl (C=O) groups is 2. The fourth-order valence-electron chi connectivity index (χ4n) is 3.76. The molecule has 1 aliphatic heterocycles. The van der Waals surface area contributed by atoms with Crippen LogP contribution in [0.1, 0.15) is 5.56 Å². The molecule has 2 amide bonds. The van der Waals surface area contributed by atoms with Gasteiger partial charge in [0.2, 0.25) is 0 Å². The van der Waals surface area contributed by atoms with Crippen LogP contribution in [-0.2, 0) is 9.59 Å². The molecule has 0 fully saturated rings. The Morgan fingerprint density at radius 1 is 0.676 bits per heavy atom. The van der Waals surface area contributed by atoms with E-state index in [1.165, 1.54) is 14.2 Å². The zero-order valence-electron chi connectivity index (χ0n) is 19.2. The average molecular weight is 460 g/mol. The minimum Gasteiger partial charge on any atom is -0.497 e. The van der Waals surface area contributed by atoms with Gasteiger partial charge in [0.1, 0.15) is 17.2 Å². The van der Waals surface area contributed by atoms with Gasteiger partial charge in [-0.05, 0) is 42.0 Å². The summed E-state index contributed by atoms with van der Waals surface area (Å²) in [4.78, 5) is 28.4. The lowest BCUT2D eigenvalue weighted by Gasteiger charge is -2.18. The second-order valence-electron chi connectivity index (χ2n) is 7.29. The molecule has 0 spiro atoms. The number of hydrogen-bond acceptors (Lipinski definition) is 7. The van der Waals surface area contributed by atoms with Crippen LogP contribution in [-0.4, -0.2) is 40.3 Å². The van der Waals surface area contributed by atoms with E-state index in [2.05, 4.69) is 5.32 Å². The van der Waals surface area contributed by atoms with E-state index in [1.54, 1.807) is 80.9 Å². The third-order valence-corrected chi connectivity index (χ3v) is 5.44. The number of nitrogens with zero attached hydrogens (tertiary/aromatic N) is 1. The summed E-state index contributed by atoms with van der Waals surface area (Å²) in [5, 5.41) is 3.12. The van der Waals surface area contributed by atoms with Crippen molar-refractivity contribution in [2.75, 3.05) is 38.7 Å². The summed E-state index contributed by atoms with van der Waals surface area (Å²) >= 11 is 0. The summed E-state index contributed by atoms with van der Waals surface area (Å²) in [5.41, 5.74) is 1.85. The Balaban J connectivity index is 1.83. The van der Waals surface area contributed by atoms with Gasteiger partial charge in [-0.3, -0.25) is 9.59 Å². The van der Waals surface area contributed by atoms with Crippen LogP contribution in [0.3, 0.4) is 0 Å². The summed E-state index contributed by atoms with van der Waals surface area (Å²) in [5.74, 6) is 1.10. The van der Waals surface area contributed by atoms with Crippen LogP contribution in [0.2, 0.25) is 0 Å². The number of imide groups is 1. The number of nitrogens with one attached hydrogen (secondary N) is 1. The Labute approximate surface area is 197 Å². The van der Waals surface area contributed by atoms with Crippen molar-refractivity contribution in [1.29, 1.82) is 0 Å². The van der Waals surface area contributed by atoms with Crippen LogP contribution in [0, 0.1) is 0 Å². The normalized spacial score (nSPS) is 13.2. The van der Waals surface area contributed by atoms with Gasteiger partial charge in [-0.1, -0.05) is 24.3 Å². The molecule has 1 heterocycles. The van der Waals surface area contributed by atoms with E-state index in [4.69, 9.17) is 18.9 Å². The van der Waals surface area contributed by atoms with Gasteiger partial charge in [-0.2, -0.15) is 0 Å². The van der Waals surface area contributed by atoms with Crippen molar-refractivity contribution in [2.24, 2.45) is 0 Å². The van der Waals surface area contributed by atoms with Gasteiger partial charge in [0.25, 0.3) is 11.8 Å². The van der Waals surface area contributed by atoms with Crippen LogP contribution in [0.5, 0.6) is 23.0 Å². The molecular formula is C26H24N2O6. The second kappa shape index (κ2) is 9.58. The van der Waals surface area contributed by atoms with E-state index in [1.807, 2.05) is 0 Å². The highest BCUT2D eigenvalue weighted by molar-refractivity contribution is 6.46. The first-order valence-electron chi connectivity index (χ1n) is 10.4. The van der Waals surface area contributed by atoms with E-state index in [9.17, 15) is 9.59 Å². The molecule has 0 bridgehead atoms. The van der Waals surface area contributed by atoms with Gasteiger partial charge < -0.3 is 24.3 Å².